The summed E-state index contributed by atoms with van der Waals surface area (Å²) >= 11 is 6.03. The van der Waals surface area contributed by atoms with Gasteiger partial charge in [-0.15, -0.1) is 0 Å². The SMILES string of the molecule is CC[C@@H](C)NC(=O)[C@H](CC)N(Cc1ccc(Cl)cc1)C(=O)CN(c1ccc(C(C)(C)C)cc1)S(C)(=O)=O. The molecule has 0 aliphatic carbocycles. The van der Waals surface area contributed by atoms with E-state index in [1.807, 2.05) is 32.9 Å². The van der Waals surface area contributed by atoms with Gasteiger partial charge in [0.2, 0.25) is 21.8 Å². The van der Waals surface area contributed by atoms with E-state index in [2.05, 4.69) is 26.1 Å². The minimum atomic E-state index is -3.78. The highest BCUT2D eigenvalue weighted by Gasteiger charge is 2.32. The molecule has 7 nitrogen and oxygen atoms in total. The first-order valence-electron chi connectivity index (χ1n) is 12.6. The van der Waals surface area contributed by atoms with Crippen molar-refractivity contribution in [2.45, 2.75) is 78.4 Å². The van der Waals surface area contributed by atoms with Crippen molar-refractivity contribution in [1.82, 2.24) is 10.2 Å². The van der Waals surface area contributed by atoms with Crippen LogP contribution in [0.4, 0.5) is 5.69 Å². The van der Waals surface area contributed by atoms with Gasteiger partial charge in [0.1, 0.15) is 12.6 Å². The molecule has 2 rings (SSSR count). The summed E-state index contributed by atoms with van der Waals surface area (Å²) in [4.78, 5) is 28.4. The van der Waals surface area contributed by atoms with Gasteiger partial charge in [-0.2, -0.15) is 0 Å². The Kier molecular flexibility index (Phi) is 10.6. The summed E-state index contributed by atoms with van der Waals surface area (Å²) in [7, 11) is -3.78. The van der Waals surface area contributed by atoms with Crippen LogP contribution >= 0.6 is 11.6 Å². The van der Waals surface area contributed by atoms with Gasteiger partial charge in [0.05, 0.1) is 11.9 Å². The van der Waals surface area contributed by atoms with Crippen molar-refractivity contribution in [3.63, 3.8) is 0 Å². The second-order valence-corrected chi connectivity index (χ2v) is 12.8. The number of carbonyl (C=O) groups excluding carboxylic acids is 2. The number of rotatable bonds is 11. The van der Waals surface area contributed by atoms with Crippen molar-refractivity contribution in [1.29, 1.82) is 0 Å². The third-order valence-corrected chi connectivity index (χ3v) is 7.75. The van der Waals surface area contributed by atoms with Crippen LogP contribution in [0.25, 0.3) is 0 Å². The smallest absolute Gasteiger partial charge is 0.244 e. The molecule has 37 heavy (non-hydrogen) atoms. The molecule has 0 radical (unpaired) electrons. The summed E-state index contributed by atoms with van der Waals surface area (Å²) in [6.45, 7) is 11.7. The first-order chi connectivity index (χ1) is 17.2. The zero-order valence-electron chi connectivity index (χ0n) is 22.9. The first kappa shape index (κ1) is 30.6. The number of nitrogens with one attached hydrogen (secondary N) is 1. The van der Waals surface area contributed by atoms with E-state index >= 15 is 0 Å². The molecule has 9 heteroatoms. The normalized spacial score (nSPS) is 13.5. The fraction of sp³-hybridized carbons (Fsp3) is 0.500. The Morgan fingerprint density at radius 2 is 1.54 bits per heavy atom. The lowest BCUT2D eigenvalue weighted by atomic mass is 9.87. The van der Waals surface area contributed by atoms with Gasteiger partial charge in [-0.25, -0.2) is 8.42 Å². The van der Waals surface area contributed by atoms with Gasteiger partial charge in [0.25, 0.3) is 0 Å². The number of halogens is 1. The zero-order chi connectivity index (χ0) is 28.0. The summed E-state index contributed by atoms with van der Waals surface area (Å²) in [6.07, 6.45) is 2.20. The van der Waals surface area contributed by atoms with E-state index in [9.17, 15) is 18.0 Å². The molecule has 0 spiro atoms. The van der Waals surface area contributed by atoms with E-state index < -0.39 is 28.5 Å². The van der Waals surface area contributed by atoms with Gasteiger partial charge in [0.15, 0.2) is 0 Å². The third-order valence-electron chi connectivity index (χ3n) is 6.35. The van der Waals surface area contributed by atoms with Crippen LogP contribution < -0.4 is 9.62 Å². The van der Waals surface area contributed by atoms with Gasteiger partial charge in [-0.05, 0) is 60.6 Å². The Labute approximate surface area is 227 Å². The summed E-state index contributed by atoms with van der Waals surface area (Å²) in [5.74, 6) is -0.731. The molecule has 0 unspecified atom stereocenters. The summed E-state index contributed by atoms with van der Waals surface area (Å²) in [5.41, 5.74) is 2.13. The second kappa shape index (κ2) is 12.8. The minimum Gasteiger partial charge on any atom is -0.352 e. The maximum atomic E-state index is 13.7. The Hall–Kier alpha value is -2.58. The maximum Gasteiger partial charge on any atom is 0.244 e. The maximum absolute atomic E-state index is 13.7. The Balaban J connectivity index is 2.44. The van der Waals surface area contributed by atoms with E-state index in [0.717, 1.165) is 28.1 Å². The van der Waals surface area contributed by atoms with Crippen molar-refractivity contribution in [2.24, 2.45) is 0 Å². The van der Waals surface area contributed by atoms with Crippen LogP contribution in [0.3, 0.4) is 0 Å². The van der Waals surface area contributed by atoms with E-state index in [1.165, 1.54) is 4.90 Å². The molecule has 0 aromatic heterocycles. The minimum absolute atomic E-state index is 0.0529. The Morgan fingerprint density at radius 3 is 2.00 bits per heavy atom. The predicted molar refractivity (Wildman–Crippen MR) is 151 cm³/mol. The highest BCUT2D eigenvalue weighted by atomic mass is 35.5. The molecule has 0 saturated carbocycles. The van der Waals surface area contributed by atoms with E-state index in [4.69, 9.17) is 11.6 Å². The van der Waals surface area contributed by atoms with Crippen LogP contribution in [-0.2, 0) is 31.6 Å². The molecule has 0 heterocycles. The molecular weight excluding hydrogens is 510 g/mol. The monoisotopic (exact) mass is 549 g/mol. The average molecular weight is 550 g/mol. The molecular formula is C28H40ClN3O4S. The fourth-order valence-electron chi connectivity index (χ4n) is 3.89. The lowest BCUT2D eigenvalue weighted by Gasteiger charge is -2.33. The molecule has 0 bridgehead atoms. The number of nitrogens with zero attached hydrogens (tertiary/aromatic N) is 2. The molecule has 1 N–H and O–H groups in total. The van der Waals surface area contributed by atoms with E-state index in [1.54, 1.807) is 36.4 Å². The van der Waals surface area contributed by atoms with Crippen molar-refractivity contribution in [2.75, 3.05) is 17.1 Å². The van der Waals surface area contributed by atoms with Crippen molar-refractivity contribution < 1.29 is 18.0 Å². The van der Waals surface area contributed by atoms with Crippen LogP contribution in [0.5, 0.6) is 0 Å². The van der Waals surface area contributed by atoms with Crippen LogP contribution in [0, 0.1) is 0 Å². The molecule has 2 aromatic carbocycles. The van der Waals surface area contributed by atoms with Crippen molar-refractivity contribution in [3.8, 4) is 0 Å². The number of benzene rings is 2. The standard InChI is InChI=1S/C28H40ClN3O4S/c1-8-20(3)30-27(34)25(9-2)31(18-21-10-14-23(29)15-11-21)26(33)19-32(37(7,35)36)24-16-12-22(13-17-24)28(4,5)6/h10-17,20,25H,8-9,18-19H2,1-7H3,(H,30,34)/t20-,25+/m1/s1. The van der Waals surface area contributed by atoms with Gasteiger partial charge in [0, 0.05) is 17.6 Å². The van der Waals surface area contributed by atoms with Crippen molar-refractivity contribution >= 4 is 39.1 Å². The van der Waals surface area contributed by atoms with Crippen LogP contribution in [0.1, 0.15) is 65.5 Å². The molecule has 0 fully saturated rings. The zero-order valence-corrected chi connectivity index (χ0v) is 24.5. The number of hydrogen-bond donors (Lipinski definition) is 1. The number of sulfonamides is 1. The quantitative estimate of drug-likeness (QED) is 0.421. The molecule has 2 aromatic rings. The summed E-state index contributed by atoms with van der Waals surface area (Å²) < 4.78 is 26.7. The van der Waals surface area contributed by atoms with Crippen LogP contribution in [0.15, 0.2) is 48.5 Å². The van der Waals surface area contributed by atoms with E-state index in [-0.39, 0.29) is 23.9 Å². The largest absolute Gasteiger partial charge is 0.352 e. The number of anilines is 1. The Morgan fingerprint density at radius 1 is 0.973 bits per heavy atom. The fourth-order valence-corrected chi connectivity index (χ4v) is 4.86. The lowest BCUT2D eigenvalue weighted by Crippen LogP contribution is -2.53. The highest BCUT2D eigenvalue weighted by Crippen LogP contribution is 2.26. The Bertz CT molecular complexity index is 1160. The van der Waals surface area contributed by atoms with Gasteiger partial charge in [-0.1, -0.05) is 70.5 Å². The van der Waals surface area contributed by atoms with Crippen LogP contribution in [0.2, 0.25) is 5.02 Å². The first-order valence-corrected chi connectivity index (χ1v) is 14.8. The molecule has 0 aliphatic rings. The molecule has 204 valence electrons. The predicted octanol–water partition coefficient (Wildman–Crippen LogP) is 5.13. The topological polar surface area (TPSA) is 86.8 Å². The summed E-state index contributed by atoms with van der Waals surface area (Å²) in [6, 6.07) is 13.4. The molecule has 2 amide bonds. The molecule has 0 saturated heterocycles. The highest BCUT2D eigenvalue weighted by molar-refractivity contribution is 7.92. The molecule has 2 atom stereocenters. The van der Waals surface area contributed by atoms with Gasteiger partial charge in [-0.3, -0.25) is 13.9 Å². The third kappa shape index (κ3) is 8.75. The average Bonchev–Trinajstić information content (AvgIpc) is 2.82. The number of carbonyl (C=O) groups is 2. The van der Waals surface area contributed by atoms with E-state index in [0.29, 0.717) is 17.1 Å². The molecule has 0 aliphatic heterocycles. The second-order valence-electron chi connectivity index (χ2n) is 10.5. The van der Waals surface area contributed by atoms with Gasteiger partial charge < -0.3 is 10.2 Å². The number of hydrogen-bond acceptors (Lipinski definition) is 4. The number of amides is 2. The summed E-state index contributed by atoms with van der Waals surface area (Å²) in [5, 5.41) is 3.52. The van der Waals surface area contributed by atoms with Crippen molar-refractivity contribution in [3.05, 3.63) is 64.7 Å². The van der Waals surface area contributed by atoms with Crippen LogP contribution in [-0.4, -0.2) is 50.0 Å². The lowest BCUT2D eigenvalue weighted by molar-refractivity contribution is -0.140. The van der Waals surface area contributed by atoms with Gasteiger partial charge >= 0.3 is 0 Å².